The second-order valence-corrected chi connectivity index (χ2v) is 6.82. The predicted molar refractivity (Wildman–Crippen MR) is 84.4 cm³/mol. The van der Waals surface area contributed by atoms with Crippen molar-refractivity contribution in [3.63, 3.8) is 0 Å². The molecule has 3 N–H and O–H groups in total. The number of carbonyl (C=O) groups excluding carboxylic acids is 2. The first kappa shape index (κ1) is 19.4. The smallest absolute Gasteiger partial charge is 0.471 e. The summed E-state index contributed by atoms with van der Waals surface area (Å²) in [5, 5.41) is 9.11. The number of amides is 2. The van der Waals surface area contributed by atoms with Crippen LogP contribution in [-0.4, -0.2) is 53.3 Å². The Kier molecular flexibility index (Phi) is 5.02. The summed E-state index contributed by atoms with van der Waals surface area (Å²) in [5.74, 6) is -4.05. The molecule has 2 amide bonds. The number of aliphatic hydroxyl groups is 1. The first-order chi connectivity index (χ1) is 12.6. The van der Waals surface area contributed by atoms with E-state index in [-0.39, 0.29) is 55.3 Å². The molecule has 1 fully saturated rings. The summed E-state index contributed by atoms with van der Waals surface area (Å²) < 4.78 is 58.6. The van der Waals surface area contributed by atoms with Crippen LogP contribution in [0.4, 0.5) is 17.6 Å². The van der Waals surface area contributed by atoms with Gasteiger partial charge >= 0.3 is 12.1 Å². The van der Waals surface area contributed by atoms with Crippen molar-refractivity contribution in [1.82, 2.24) is 4.90 Å². The van der Waals surface area contributed by atoms with Gasteiger partial charge in [0.2, 0.25) is 5.91 Å². The molecule has 1 saturated carbocycles. The summed E-state index contributed by atoms with van der Waals surface area (Å²) in [6, 6.07) is 0.395. The molecule has 1 atom stereocenters. The molecule has 3 rings (SSSR count). The summed E-state index contributed by atoms with van der Waals surface area (Å²) in [4.78, 5) is 24.3. The molecule has 0 aromatic heterocycles. The van der Waals surface area contributed by atoms with Crippen LogP contribution < -0.4 is 10.5 Å². The van der Waals surface area contributed by atoms with E-state index in [4.69, 9.17) is 15.6 Å². The van der Waals surface area contributed by atoms with Crippen LogP contribution in [0.3, 0.4) is 0 Å². The number of hydrogen-bond acceptors (Lipinski definition) is 4. The van der Waals surface area contributed by atoms with Gasteiger partial charge in [0, 0.05) is 30.2 Å². The van der Waals surface area contributed by atoms with Crippen LogP contribution in [0, 0.1) is 11.7 Å². The topological polar surface area (TPSA) is 92.9 Å². The largest absolute Gasteiger partial charge is 0.488 e. The fourth-order valence-corrected chi connectivity index (χ4v) is 3.69. The lowest BCUT2D eigenvalue weighted by molar-refractivity contribution is -0.195. The van der Waals surface area contributed by atoms with Gasteiger partial charge in [-0.2, -0.15) is 13.2 Å². The molecule has 6 nitrogen and oxygen atoms in total. The number of nitrogens with two attached hydrogens (primary N) is 1. The van der Waals surface area contributed by atoms with E-state index in [1.165, 1.54) is 0 Å². The van der Waals surface area contributed by atoms with E-state index in [1.54, 1.807) is 0 Å². The lowest BCUT2D eigenvalue weighted by Crippen LogP contribution is -2.59. The Morgan fingerprint density at radius 2 is 1.93 bits per heavy atom. The molecule has 0 unspecified atom stereocenters. The van der Waals surface area contributed by atoms with E-state index in [0.29, 0.717) is 4.90 Å². The SMILES string of the molecule is NC(=O)c1ccc(F)c2c1C[C@@H](N(C(=O)C(F)(F)F)C1CC(CO)C1)CO2. The molecule has 148 valence electrons. The molecule has 0 spiro atoms. The van der Waals surface area contributed by atoms with E-state index in [9.17, 15) is 27.2 Å². The van der Waals surface area contributed by atoms with Crippen LogP contribution in [0.1, 0.15) is 28.8 Å². The zero-order valence-corrected chi connectivity index (χ0v) is 14.1. The third kappa shape index (κ3) is 3.58. The molecule has 27 heavy (non-hydrogen) atoms. The number of ether oxygens (including phenoxy) is 1. The molecule has 1 aliphatic carbocycles. The Bertz CT molecular complexity index is 762. The van der Waals surface area contributed by atoms with Gasteiger partial charge in [0.05, 0.1) is 6.04 Å². The third-order valence-electron chi connectivity index (χ3n) is 5.07. The van der Waals surface area contributed by atoms with Crippen molar-refractivity contribution in [1.29, 1.82) is 0 Å². The number of aliphatic hydroxyl groups excluding tert-OH is 1. The number of rotatable bonds is 4. The fraction of sp³-hybridized carbons (Fsp3) is 0.529. The summed E-state index contributed by atoms with van der Waals surface area (Å²) in [6.07, 6.45) is -4.81. The van der Waals surface area contributed by atoms with E-state index < -0.39 is 35.9 Å². The van der Waals surface area contributed by atoms with Gasteiger partial charge in [0.15, 0.2) is 11.6 Å². The maximum absolute atomic E-state index is 14.0. The summed E-state index contributed by atoms with van der Waals surface area (Å²) in [6.45, 7) is -0.514. The van der Waals surface area contributed by atoms with Crippen molar-refractivity contribution >= 4 is 11.8 Å². The second kappa shape index (κ2) is 6.99. The first-order valence-corrected chi connectivity index (χ1v) is 8.37. The minimum Gasteiger partial charge on any atom is -0.488 e. The maximum Gasteiger partial charge on any atom is 0.471 e. The van der Waals surface area contributed by atoms with Gasteiger partial charge in [-0.1, -0.05) is 0 Å². The van der Waals surface area contributed by atoms with E-state index >= 15 is 0 Å². The Balaban J connectivity index is 1.93. The van der Waals surface area contributed by atoms with Gasteiger partial charge in [-0.3, -0.25) is 9.59 Å². The second-order valence-electron chi connectivity index (χ2n) is 6.82. The zero-order valence-electron chi connectivity index (χ0n) is 14.1. The number of primary amides is 1. The minimum absolute atomic E-state index is 0.0526. The van der Waals surface area contributed by atoms with Crippen LogP contribution in [0.15, 0.2) is 12.1 Å². The Morgan fingerprint density at radius 1 is 1.26 bits per heavy atom. The number of halogens is 4. The van der Waals surface area contributed by atoms with Gasteiger partial charge < -0.3 is 20.5 Å². The molecule has 1 aliphatic heterocycles. The Morgan fingerprint density at radius 3 is 2.48 bits per heavy atom. The number of hydrogen-bond donors (Lipinski definition) is 2. The van der Waals surface area contributed by atoms with Crippen LogP contribution in [-0.2, 0) is 11.2 Å². The molecule has 0 radical (unpaired) electrons. The van der Waals surface area contributed by atoms with Crippen LogP contribution >= 0.6 is 0 Å². The van der Waals surface area contributed by atoms with Crippen molar-refractivity contribution in [2.24, 2.45) is 11.7 Å². The van der Waals surface area contributed by atoms with Gasteiger partial charge in [0.25, 0.3) is 0 Å². The molecule has 0 bridgehead atoms. The highest BCUT2D eigenvalue weighted by molar-refractivity contribution is 5.95. The molecular formula is C17H18F4N2O4. The number of fused-ring (bicyclic) bond motifs is 1. The normalized spacial score (nSPS) is 24.4. The Hall–Kier alpha value is -2.36. The molecule has 10 heteroatoms. The van der Waals surface area contributed by atoms with E-state index in [2.05, 4.69) is 0 Å². The minimum atomic E-state index is -5.08. The number of benzene rings is 1. The molecule has 1 heterocycles. The number of carbonyl (C=O) groups is 2. The third-order valence-corrected chi connectivity index (χ3v) is 5.07. The molecule has 1 aromatic carbocycles. The fourth-order valence-electron chi connectivity index (χ4n) is 3.69. The highest BCUT2D eigenvalue weighted by atomic mass is 19.4. The van der Waals surface area contributed by atoms with Crippen molar-refractivity contribution in [2.75, 3.05) is 13.2 Å². The van der Waals surface area contributed by atoms with Gasteiger partial charge in [-0.15, -0.1) is 0 Å². The Labute approximate surface area is 151 Å². The van der Waals surface area contributed by atoms with Crippen molar-refractivity contribution < 1.29 is 37.0 Å². The molecule has 2 aliphatic rings. The maximum atomic E-state index is 14.0. The average Bonchev–Trinajstić information content (AvgIpc) is 2.56. The lowest BCUT2D eigenvalue weighted by atomic mass is 9.78. The van der Waals surface area contributed by atoms with Crippen LogP contribution in [0.2, 0.25) is 0 Å². The number of alkyl halides is 3. The van der Waals surface area contributed by atoms with E-state index in [1.807, 2.05) is 0 Å². The molecular weight excluding hydrogens is 372 g/mol. The molecule has 1 aromatic rings. The average molecular weight is 390 g/mol. The standard InChI is InChI=1S/C17H18F4N2O4/c18-13-2-1-11(15(22)25)12-5-10(7-27-14(12)13)23(16(26)17(19,20)21)9-3-8(4-9)6-24/h1-2,8-10,24H,3-7H2,(H2,22,25)/t8?,9?,10-/m1/s1. The van der Waals surface area contributed by atoms with Gasteiger partial charge in [-0.05, 0) is 30.9 Å². The summed E-state index contributed by atoms with van der Waals surface area (Å²) in [5.41, 5.74) is 5.26. The lowest BCUT2D eigenvalue weighted by Gasteiger charge is -2.47. The van der Waals surface area contributed by atoms with Crippen LogP contribution in [0.25, 0.3) is 0 Å². The monoisotopic (exact) mass is 390 g/mol. The predicted octanol–water partition coefficient (Wildman–Crippen LogP) is 1.39. The number of nitrogens with zero attached hydrogens (tertiary/aromatic N) is 1. The van der Waals surface area contributed by atoms with Crippen molar-refractivity contribution in [3.05, 3.63) is 29.1 Å². The van der Waals surface area contributed by atoms with Crippen LogP contribution in [0.5, 0.6) is 5.75 Å². The summed E-state index contributed by atoms with van der Waals surface area (Å²) >= 11 is 0. The zero-order chi connectivity index (χ0) is 19.9. The first-order valence-electron chi connectivity index (χ1n) is 8.37. The van der Waals surface area contributed by atoms with Crippen molar-refractivity contribution in [2.45, 2.75) is 37.5 Å². The van der Waals surface area contributed by atoms with E-state index in [0.717, 1.165) is 12.1 Å². The highest BCUT2D eigenvalue weighted by Crippen LogP contribution is 2.39. The quantitative estimate of drug-likeness (QED) is 0.760. The highest BCUT2D eigenvalue weighted by Gasteiger charge is 2.50. The molecule has 0 saturated heterocycles. The van der Waals surface area contributed by atoms with Crippen molar-refractivity contribution in [3.8, 4) is 5.75 Å². The van der Waals surface area contributed by atoms with Gasteiger partial charge in [0.1, 0.15) is 6.61 Å². The van der Waals surface area contributed by atoms with Gasteiger partial charge in [-0.25, -0.2) is 4.39 Å². The summed E-state index contributed by atoms with van der Waals surface area (Å²) in [7, 11) is 0.